The van der Waals surface area contributed by atoms with E-state index in [2.05, 4.69) is 4.98 Å². The van der Waals surface area contributed by atoms with Crippen molar-refractivity contribution in [3.63, 3.8) is 0 Å². The molecule has 1 heterocycles. The van der Waals surface area contributed by atoms with Crippen molar-refractivity contribution in [1.29, 1.82) is 0 Å². The molecule has 0 aliphatic carbocycles. The van der Waals surface area contributed by atoms with Gasteiger partial charge in [-0.3, -0.25) is 10.1 Å². The van der Waals surface area contributed by atoms with E-state index in [4.69, 9.17) is 16.3 Å². The van der Waals surface area contributed by atoms with Gasteiger partial charge in [-0.05, 0) is 6.42 Å². The van der Waals surface area contributed by atoms with Crippen LogP contribution in [0.1, 0.15) is 6.42 Å². The lowest BCUT2D eigenvalue weighted by Crippen LogP contribution is -2.21. The fourth-order valence-electron chi connectivity index (χ4n) is 1.33. The zero-order valence-electron chi connectivity index (χ0n) is 9.72. The Morgan fingerprint density at radius 3 is 2.88 bits per heavy atom. The van der Waals surface area contributed by atoms with E-state index >= 15 is 0 Å². The van der Waals surface area contributed by atoms with Crippen LogP contribution in [0, 0.1) is 10.1 Å². The van der Waals surface area contributed by atoms with Crippen molar-refractivity contribution in [3.8, 4) is 0 Å². The van der Waals surface area contributed by atoms with Crippen molar-refractivity contribution in [1.82, 2.24) is 4.98 Å². The van der Waals surface area contributed by atoms with Crippen LogP contribution in [0.4, 0.5) is 11.5 Å². The molecule has 0 saturated carbocycles. The SMILES string of the molecule is COCCCN(C)c1cc([N+](=O)[O-])cc(Cl)n1. The number of anilines is 1. The van der Waals surface area contributed by atoms with Gasteiger partial charge in [0.05, 0.1) is 17.1 Å². The second kappa shape index (κ2) is 6.36. The Kier molecular flexibility index (Phi) is 5.11. The van der Waals surface area contributed by atoms with Gasteiger partial charge in [-0.1, -0.05) is 11.6 Å². The van der Waals surface area contributed by atoms with E-state index in [0.29, 0.717) is 19.0 Å². The normalized spacial score (nSPS) is 10.3. The molecule has 94 valence electrons. The Hall–Kier alpha value is -1.40. The van der Waals surface area contributed by atoms with Crippen molar-refractivity contribution < 1.29 is 9.66 Å². The van der Waals surface area contributed by atoms with E-state index < -0.39 is 4.92 Å². The van der Waals surface area contributed by atoms with Gasteiger partial charge in [0.25, 0.3) is 5.69 Å². The number of nitro groups is 1. The van der Waals surface area contributed by atoms with Gasteiger partial charge in [-0.2, -0.15) is 0 Å². The second-order valence-corrected chi connectivity index (χ2v) is 3.92. The Balaban J connectivity index is 2.78. The van der Waals surface area contributed by atoms with Crippen LogP contribution in [0.15, 0.2) is 12.1 Å². The summed E-state index contributed by atoms with van der Waals surface area (Å²) in [5.74, 6) is 0.486. The molecule has 0 N–H and O–H groups in total. The zero-order chi connectivity index (χ0) is 12.8. The summed E-state index contributed by atoms with van der Waals surface area (Å²) in [7, 11) is 3.43. The molecule has 0 fully saturated rings. The number of hydrogen-bond acceptors (Lipinski definition) is 5. The third-order valence-electron chi connectivity index (χ3n) is 2.21. The van der Waals surface area contributed by atoms with Crippen molar-refractivity contribution >= 4 is 23.1 Å². The van der Waals surface area contributed by atoms with Crippen molar-refractivity contribution in [2.45, 2.75) is 6.42 Å². The molecule has 0 unspecified atom stereocenters. The van der Waals surface area contributed by atoms with Crippen LogP contribution in [0.5, 0.6) is 0 Å². The summed E-state index contributed by atoms with van der Waals surface area (Å²) in [5.41, 5.74) is -0.0569. The number of ether oxygens (including phenoxy) is 1. The summed E-state index contributed by atoms with van der Waals surface area (Å²) in [6.45, 7) is 1.32. The predicted octanol–water partition coefficient (Wildman–Crippen LogP) is 2.12. The van der Waals surface area contributed by atoms with Gasteiger partial charge in [0, 0.05) is 27.3 Å². The molecule has 0 aromatic carbocycles. The van der Waals surface area contributed by atoms with Gasteiger partial charge in [0.1, 0.15) is 11.0 Å². The highest BCUT2D eigenvalue weighted by Gasteiger charge is 2.12. The first-order chi connectivity index (χ1) is 8.04. The Bertz CT molecular complexity index is 400. The van der Waals surface area contributed by atoms with Crippen molar-refractivity contribution in [2.75, 3.05) is 32.2 Å². The summed E-state index contributed by atoms with van der Waals surface area (Å²) < 4.78 is 4.93. The molecule has 0 atom stereocenters. The van der Waals surface area contributed by atoms with Gasteiger partial charge in [0.2, 0.25) is 0 Å². The number of hydrogen-bond donors (Lipinski definition) is 0. The maximum atomic E-state index is 10.7. The lowest BCUT2D eigenvalue weighted by atomic mass is 10.3. The predicted molar refractivity (Wildman–Crippen MR) is 65.7 cm³/mol. The molecule has 7 heteroatoms. The largest absolute Gasteiger partial charge is 0.385 e. The lowest BCUT2D eigenvalue weighted by Gasteiger charge is -2.17. The molecule has 6 nitrogen and oxygen atoms in total. The molecule has 0 aliphatic rings. The minimum Gasteiger partial charge on any atom is -0.385 e. The van der Waals surface area contributed by atoms with Crippen LogP contribution in [0.25, 0.3) is 0 Å². The van der Waals surface area contributed by atoms with Crippen LogP contribution in [0.3, 0.4) is 0 Å². The van der Waals surface area contributed by atoms with Crippen molar-refractivity contribution in [2.24, 2.45) is 0 Å². The van der Waals surface area contributed by atoms with Gasteiger partial charge in [-0.25, -0.2) is 4.98 Å². The third-order valence-corrected chi connectivity index (χ3v) is 2.40. The lowest BCUT2D eigenvalue weighted by molar-refractivity contribution is -0.384. The number of aromatic nitrogens is 1. The molecule has 0 amide bonds. The molecular formula is C10H14ClN3O3. The monoisotopic (exact) mass is 259 g/mol. The highest BCUT2D eigenvalue weighted by molar-refractivity contribution is 6.29. The molecule has 0 radical (unpaired) electrons. The number of pyridine rings is 1. The minimum atomic E-state index is -0.486. The third kappa shape index (κ3) is 4.16. The number of nitrogens with zero attached hydrogens (tertiary/aromatic N) is 3. The fourth-order valence-corrected chi connectivity index (χ4v) is 1.53. The smallest absolute Gasteiger partial charge is 0.276 e. The Labute approximate surface area is 104 Å². The summed E-state index contributed by atoms with van der Waals surface area (Å²) in [4.78, 5) is 16.0. The van der Waals surface area contributed by atoms with Gasteiger partial charge in [-0.15, -0.1) is 0 Å². The molecule has 1 aromatic rings. The minimum absolute atomic E-state index is 0.0569. The number of methoxy groups -OCH3 is 1. The second-order valence-electron chi connectivity index (χ2n) is 3.53. The first kappa shape index (κ1) is 13.7. The van der Waals surface area contributed by atoms with Crippen molar-refractivity contribution in [3.05, 3.63) is 27.4 Å². The summed E-state index contributed by atoms with van der Waals surface area (Å²) in [6.07, 6.45) is 0.814. The standard InChI is InChI=1S/C10H14ClN3O3/c1-13(4-3-5-17-2)10-7-8(14(15)16)6-9(11)12-10/h6-7H,3-5H2,1-2H3. The van der Waals surface area contributed by atoms with Crippen LogP contribution in [-0.2, 0) is 4.74 Å². The molecule has 0 saturated heterocycles. The van der Waals surface area contributed by atoms with Crippen LogP contribution in [0.2, 0.25) is 5.15 Å². The van der Waals surface area contributed by atoms with Gasteiger partial charge < -0.3 is 9.64 Å². The fraction of sp³-hybridized carbons (Fsp3) is 0.500. The summed E-state index contributed by atoms with van der Waals surface area (Å²) in [5, 5.41) is 10.8. The summed E-state index contributed by atoms with van der Waals surface area (Å²) in [6, 6.07) is 2.63. The van der Waals surface area contributed by atoms with Crippen LogP contribution < -0.4 is 4.90 Å². The molecule has 0 spiro atoms. The average Bonchev–Trinajstić information content (AvgIpc) is 2.28. The zero-order valence-corrected chi connectivity index (χ0v) is 10.5. The van der Waals surface area contributed by atoms with Gasteiger partial charge >= 0.3 is 0 Å². The molecule has 0 aliphatic heterocycles. The highest BCUT2D eigenvalue weighted by Crippen LogP contribution is 2.22. The van der Waals surface area contributed by atoms with E-state index in [1.165, 1.54) is 12.1 Å². The van der Waals surface area contributed by atoms with E-state index in [1.54, 1.807) is 19.1 Å². The Morgan fingerprint density at radius 2 is 2.29 bits per heavy atom. The molecule has 1 aromatic heterocycles. The molecule has 0 bridgehead atoms. The van der Waals surface area contributed by atoms with Crippen LogP contribution >= 0.6 is 11.6 Å². The Morgan fingerprint density at radius 1 is 1.59 bits per heavy atom. The number of halogens is 1. The molecular weight excluding hydrogens is 246 g/mol. The highest BCUT2D eigenvalue weighted by atomic mass is 35.5. The van der Waals surface area contributed by atoms with E-state index in [0.717, 1.165) is 6.42 Å². The quantitative estimate of drug-likeness (QED) is 0.339. The molecule has 1 rings (SSSR count). The summed E-state index contributed by atoms with van der Waals surface area (Å²) >= 11 is 5.73. The topological polar surface area (TPSA) is 68.5 Å². The average molecular weight is 260 g/mol. The maximum absolute atomic E-state index is 10.7. The maximum Gasteiger partial charge on any atom is 0.276 e. The molecule has 17 heavy (non-hydrogen) atoms. The first-order valence-corrected chi connectivity index (χ1v) is 5.44. The first-order valence-electron chi connectivity index (χ1n) is 5.06. The van der Waals surface area contributed by atoms with E-state index in [9.17, 15) is 10.1 Å². The number of rotatable bonds is 6. The van der Waals surface area contributed by atoms with Crippen LogP contribution in [-0.4, -0.2) is 37.2 Å². The van der Waals surface area contributed by atoms with Gasteiger partial charge in [0.15, 0.2) is 0 Å². The van der Waals surface area contributed by atoms with E-state index in [1.807, 2.05) is 0 Å². The van der Waals surface area contributed by atoms with E-state index in [-0.39, 0.29) is 10.8 Å².